The molecule has 6 N–H and O–H groups in total. The summed E-state index contributed by atoms with van der Waals surface area (Å²) in [6.07, 6.45) is 0. The van der Waals surface area contributed by atoms with Crippen molar-refractivity contribution < 1.29 is 0 Å². The van der Waals surface area contributed by atoms with Crippen LogP contribution in [-0.2, 0) is 0 Å². The zero-order chi connectivity index (χ0) is 9.71. The Morgan fingerprint density at radius 1 is 0.786 bits per heavy atom. The van der Waals surface area contributed by atoms with Gasteiger partial charge >= 0.3 is 0 Å². The number of rotatable bonds is 0. The quantitative estimate of drug-likeness (QED) is 0.431. The van der Waals surface area contributed by atoms with Gasteiger partial charge < -0.3 is 21.4 Å². The Morgan fingerprint density at radius 2 is 1.21 bits per heavy atom. The Kier molecular flexibility index (Phi) is 1.16. The van der Waals surface area contributed by atoms with Gasteiger partial charge in [0.05, 0.1) is 11.0 Å². The summed E-state index contributed by atoms with van der Waals surface area (Å²) >= 11 is 0. The van der Waals surface area contributed by atoms with Gasteiger partial charge in [0.1, 0.15) is 11.6 Å². The molecule has 14 heavy (non-hydrogen) atoms. The number of nitrogens with one attached hydrogen (secondary N) is 2. The first kappa shape index (κ1) is 7.32. The summed E-state index contributed by atoms with van der Waals surface area (Å²) in [5.74, 6) is 1.33. The van der Waals surface area contributed by atoms with Crippen molar-refractivity contribution in [3.05, 3.63) is 24.3 Å². The number of aromatic nitrogens is 2. The molecule has 70 valence electrons. The van der Waals surface area contributed by atoms with E-state index in [9.17, 15) is 0 Å². The number of nitrogen functional groups attached to an aromatic ring is 2. The second-order valence-electron chi connectivity index (χ2n) is 3.44. The molecule has 0 saturated carbocycles. The molecule has 0 aliphatic heterocycles. The third-order valence-electron chi connectivity index (χ3n) is 2.43. The van der Waals surface area contributed by atoms with E-state index in [1.807, 2.05) is 24.3 Å². The van der Waals surface area contributed by atoms with Gasteiger partial charge in [-0.1, -0.05) is 12.1 Å². The van der Waals surface area contributed by atoms with Crippen LogP contribution in [0.4, 0.5) is 11.6 Å². The molecule has 0 radical (unpaired) electrons. The summed E-state index contributed by atoms with van der Waals surface area (Å²) in [7, 11) is 0. The summed E-state index contributed by atoms with van der Waals surface area (Å²) in [6, 6.07) is 7.87. The van der Waals surface area contributed by atoms with Crippen LogP contribution < -0.4 is 11.5 Å². The molecule has 0 fully saturated rings. The molecule has 0 aliphatic carbocycles. The maximum Gasteiger partial charge on any atom is 0.101 e. The fraction of sp³-hybridized carbons (Fsp3) is 0. The molecule has 0 aliphatic rings. The molecular formula is C10H10N4. The highest BCUT2D eigenvalue weighted by molar-refractivity contribution is 6.05. The maximum atomic E-state index is 5.69. The average molecular weight is 186 g/mol. The van der Waals surface area contributed by atoms with E-state index in [0.29, 0.717) is 11.6 Å². The standard InChI is InChI=1S/C10H10N4/c11-7-3-5-1-2-6-4-8(12)14-10(6)9(5)13-7/h1-4,13-14H,11-12H2. The van der Waals surface area contributed by atoms with Crippen molar-refractivity contribution in [2.24, 2.45) is 0 Å². The highest BCUT2D eigenvalue weighted by atomic mass is 14.9. The Bertz CT molecular complexity index is 562. The number of nitrogens with two attached hydrogens (primary N) is 2. The third-order valence-corrected chi connectivity index (χ3v) is 2.43. The molecule has 2 aromatic heterocycles. The predicted molar refractivity (Wildman–Crippen MR) is 59.0 cm³/mol. The van der Waals surface area contributed by atoms with E-state index in [1.165, 1.54) is 0 Å². The van der Waals surface area contributed by atoms with Crippen LogP contribution in [0.3, 0.4) is 0 Å². The van der Waals surface area contributed by atoms with Crippen molar-refractivity contribution in [2.75, 3.05) is 11.5 Å². The van der Waals surface area contributed by atoms with Crippen LogP contribution in [0.15, 0.2) is 24.3 Å². The van der Waals surface area contributed by atoms with Crippen LogP contribution in [0.1, 0.15) is 0 Å². The smallest absolute Gasteiger partial charge is 0.101 e. The predicted octanol–water partition coefficient (Wildman–Crippen LogP) is 1.81. The van der Waals surface area contributed by atoms with Crippen molar-refractivity contribution in [1.29, 1.82) is 0 Å². The van der Waals surface area contributed by atoms with Crippen molar-refractivity contribution >= 4 is 33.4 Å². The Labute approximate surface area is 79.9 Å². The monoisotopic (exact) mass is 186 g/mol. The fourth-order valence-electron chi connectivity index (χ4n) is 1.84. The molecule has 0 amide bonds. The van der Waals surface area contributed by atoms with Gasteiger partial charge in [-0.3, -0.25) is 0 Å². The molecule has 0 saturated heterocycles. The van der Waals surface area contributed by atoms with Crippen molar-refractivity contribution in [3.63, 3.8) is 0 Å². The minimum Gasteiger partial charge on any atom is -0.385 e. The Balaban J connectivity index is 2.58. The molecule has 0 unspecified atom stereocenters. The molecule has 0 atom stereocenters. The summed E-state index contributed by atoms with van der Waals surface area (Å²) in [4.78, 5) is 6.21. The van der Waals surface area contributed by atoms with Crippen molar-refractivity contribution in [3.8, 4) is 0 Å². The van der Waals surface area contributed by atoms with Crippen molar-refractivity contribution in [2.45, 2.75) is 0 Å². The molecule has 3 aromatic rings. The van der Waals surface area contributed by atoms with Crippen LogP contribution >= 0.6 is 0 Å². The van der Waals surface area contributed by atoms with Gasteiger partial charge in [0.25, 0.3) is 0 Å². The minimum absolute atomic E-state index is 0.667. The topological polar surface area (TPSA) is 83.6 Å². The van der Waals surface area contributed by atoms with Gasteiger partial charge in [-0.25, -0.2) is 0 Å². The van der Waals surface area contributed by atoms with E-state index in [-0.39, 0.29) is 0 Å². The van der Waals surface area contributed by atoms with Crippen LogP contribution in [0, 0.1) is 0 Å². The second kappa shape index (κ2) is 2.23. The molecule has 0 spiro atoms. The number of hydrogen-bond acceptors (Lipinski definition) is 2. The summed E-state index contributed by atoms with van der Waals surface area (Å²) < 4.78 is 0. The molecule has 3 rings (SSSR count). The average Bonchev–Trinajstić information content (AvgIpc) is 2.65. The van der Waals surface area contributed by atoms with E-state index in [4.69, 9.17) is 11.5 Å². The summed E-state index contributed by atoms with van der Waals surface area (Å²) in [5.41, 5.74) is 13.4. The SMILES string of the molecule is Nc1cc2ccc3cc(N)[nH]c3c2[nH]1. The molecular weight excluding hydrogens is 176 g/mol. The van der Waals surface area contributed by atoms with Gasteiger partial charge in [0.2, 0.25) is 0 Å². The molecule has 4 heteroatoms. The van der Waals surface area contributed by atoms with E-state index in [0.717, 1.165) is 21.8 Å². The minimum atomic E-state index is 0.667. The lowest BCUT2D eigenvalue weighted by molar-refractivity contribution is 1.44. The largest absolute Gasteiger partial charge is 0.385 e. The number of aromatic amines is 2. The van der Waals surface area contributed by atoms with Gasteiger partial charge in [-0.2, -0.15) is 0 Å². The normalized spacial score (nSPS) is 11.4. The van der Waals surface area contributed by atoms with Gasteiger partial charge in [0, 0.05) is 10.8 Å². The summed E-state index contributed by atoms with van der Waals surface area (Å²) in [6.45, 7) is 0. The zero-order valence-electron chi connectivity index (χ0n) is 7.46. The molecule has 4 nitrogen and oxygen atoms in total. The molecule has 1 aromatic carbocycles. The Hall–Kier alpha value is -2.10. The molecule has 2 heterocycles. The maximum absolute atomic E-state index is 5.69. The first-order valence-corrected chi connectivity index (χ1v) is 4.39. The van der Waals surface area contributed by atoms with E-state index < -0.39 is 0 Å². The van der Waals surface area contributed by atoms with Crippen LogP contribution in [-0.4, -0.2) is 9.97 Å². The fourth-order valence-corrected chi connectivity index (χ4v) is 1.84. The Morgan fingerprint density at radius 3 is 1.64 bits per heavy atom. The summed E-state index contributed by atoms with van der Waals surface area (Å²) in [5, 5.41) is 2.19. The zero-order valence-corrected chi connectivity index (χ0v) is 7.46. The number of benzene rings is 1. The first-order valence-electron chi connectivity index (χ1n) is 4.39. The molecule has 0 bridgehead atoms. The van der Waals surface area contributed by atoms with Gasteiger partial charge in [-0.15, -0.1) is 0 Å². The van der Waals surface area contributed by atoms with E-state index in [1.54, 1.807) is 0 Å². The van der Waals surface area contributed by atoms with Gasteiger partial charge in [0.15, 0.2) is 0 Å². The van der Waals surface area contributed by atoms with Gasteiger partial charge in [-0.05, 0) is 12.1 Å². The second-order valence-corrected chi connectivity index (χ2v) is 3.44. The van der Waals surface area contributed by atoms with E-state index in [2.05, 4.69) is 9.97 Å². The number of H-pyrrole nitrogens is 2. The van der Waals surface area contributed by atoms with Crippen LogP contribution in [0.25, 0.3) is 21.8 Å². The highest BCUT2D eigenvalue weighted by Gasteiger charge is 2.05. The first-order chi connectivity index (χ1) is 6.74. The van der Waals surface area contributed by atoms with Crippen molar-refractivity contribution in [1.82, 2.24) is 9.97 Å². The number of fused-ring (bicyclic) bond motifs is 3. The van der Waals surface area contributed by atoms with Crippen LogP contribution in [0.5, 0.6) is 0 Å². The number of anilines is 2. The number of hydrogen-bond donors (Lipinski definition) is 4. The lowest BCUT2D eigenvalue weighted by Gasteiger charge is -1.91. The van der Waals surface area contributed by atoms with Crippen LogP contribution in [0.2, 0.25) is 0 Å². The third kappa shape index (κ3) is 0.821. The van der Waals surface area contributed by atoms with E-state index >= 15 is 0 Å². The lowest BCUT2D eigenvalue weighted by Crippen LogP contribution is -1.82. The lowest BCUT2D eigenvalue weighted by atomic mass is 10.2. The highest BCUT2D eigenvalue weighted by Crippen LogP contribution is 2.26.